The first-order chi connectivity index (χ1) is 10.5. The fourth-order valence-corrected chi connectivity index (χ4v) is 4.78. The Hall–Kier alpha value is -1.02. The lowest BCUT2D eigenvalue weighted by molar-refractivity contribution is 0.200. The molecule has 1 fully saturated rings. The van der Waals surface area contributed by atoms with Crippen LogP contribution in [0.1, 0.15) is 75.5 Å². The zero-order valence-electron chi connectivity index (χ0n) is 14.6. The van der Waals surface area contributed by atoms with Crippen molar-refractivity contribution < 1.29 is 4.74 Å². The van der Waals surface area contributed by atoms with Crippen LogP contribution in [0.4, 0.5) is 0 Å². The first-order valence-electron chi connectivity index (χ1n) is 8.94. The summed E-state index contributed by atoms with van der Waals surface area (Å²) in [5.74, 6) is 2.17. The summed E-state index contributed by atoms with van der Waals surface area (Å²) in [6.45, 7) is 6.99. The van der Waals surface area contributed by atoms with E-state index in [2.05, 4.69) is 32.9 Å². The molecule has 2 heteroatoms. The minimum Gasteiger partial charge on any atom is -0.497 e. The van der Waals surface area contributed by atoms with Gasteiger partial charge < -0.3 is 10.5 Å². The molecule has 1 aromatic carbocycles. The second kappa shape index (κ2) is 5.88. The van der Waals surface area contributed by atoms with Crippen molar-refractivity contribution in [3.8, 4) is 5.75 Å². The van der Waals surface area contributed by atoms with Gasteiger partial charge in [0.1, 0.15) is 5.75 Å². The zero-order chi connectivity index (χ0) is 15.9. The molecule has 2 nitrogen and oxygen atoms in total. The molecule has 2 N–H and O–H groups in total. The molecule has 2 aliphatic carbocycles. The third-order valence-electron chi connectivity index (χ3n) is 6.21. The number of ether oxygens (including phenoxy) is 1. The van der Waals surface area contributed by atoms with Crippen LogP contribution in [0.15, 0.2) is 12.1 Å². The van der Waals surface area contributed by atoms with E-state index in [1.165, 1.54) is 43.2 Å². The number of rotatable bonds is 2. The zero-order valence-corrected chi connectivity index (χ0v) is 14.6. The summed E-state index contributed by atoms with van der Waals surface area (Å²) < 4.78 is 5.60. The van der Waals surface area contributed by atoms with E-state index in [9.17, 15) is 0 Å². The summed E-state index contributed by atoms with van der Waals surface area (Å²) in [6, 6.07) is 4.81. The van der Waals surface area contributed by atoms with Crippen LogP contribution in [0.2, 0.25) is 0 Å². The summed E-state index contributed by atoms with van der Waals surface area (Å²) in [4.78, 5) is 0. The second-order valence-corrected chi connectivity index (χ2v) is 7.90. The van der Waals surface area contributed by atoms with Gasteiger partial charge in [0.2, 0.25) is 0 Å². The average Bonchev–Trinajstić information content (AvgIpc) is 2.50. The van der Waals surface area contributed by atoms with Gasteiger partial charge >= 0.3 is 0 Å². The molecule has 0 amide bonds. The molecule has 2 aliphatic rings. The molecule has 1 saturated carbocycles. The lowest BCUT2D eigenvalue weighted by atomic mass is 9.59. The third-order valence-corrected chi connectivity index (χ3v) is 6.21. The summed E-state index contributed by atoms with van der Waals surface area (Å²) in [5, 5.41) is 0. The molecular weight excluding hydrogens is 270 g/mol. The number of methoxy groups -OCH3 is 1. The average molecular weight is 301 g/mol. The van der Waals surface area contributed by atoms with Crippen molar-refractivity contribution in [1.82, 2.24) is 0 Å². The van der Waals surface area contributed by atoms with Crippen molar-refractivity contribution in [3.63, 3.8) is 0 Å². The molecule has 3 unspecified atom stereocenters. The summed E-state index contributed by atoms with van der Waals surface area (Å²) in [5.41, 5.74) is 11.4. The minimum absolute atomic E-state index is 0.108. The monoisotopic (exact) mass is 301 g/mol. The Bertz CT molecular complexity index is 551. The Morgan fingerprint density at radius 2 is 2.00 bits per heavy atom. The number of hydrogen-bond donors (Lipinski definition) is 1. The number of hydrogen-bond acceptors (Lipinski definition) is 2. The molecule has 0 aromatic heterocycles. The highest BCUT2D eigenvalue weighted by molar-refractivity contribution is 5.50. The molecule has 22 heavy (non-hydrogen) atoms. The van der Waals surface area contributed by atoms with Crippen molar-refractivity contribution in [2.24, 2.45) is 11.7 Å². The van der Waals surface area contributed by atoms with Crippen LogP contribution in [-0.4, -0.2) is 13.2 Å². The number of nitrogens with two attached hydrogens (primary N) is 1. The maximum absolute atomic E-state index is 6.78. The van der Waals surface area contributed by atoms with Crippen molar-refractivity contribution in [2.75, 3.05) is 7.11 Å². The first-order valence-corrected chi connectivity index (χ1v) is 8.94. The summed E-state index contributed by atoms with van der Waals surface area (Å²) in [6.07, 6.45) is 7.66. The molecular formula is C20H31NO. The van der Waals surface area contributed by atoms with Gasteiger partial charge in [-0.3, -0.25) is 0 Å². The van der Waals surface area contributed by atoms with Gasteiger partial charge in [0.25, 0.3) is 0 Å². The molecule has 3 atom stereocenters. The topological polar surface area (TPSA) is 35.2 Å². The van der Waals surface area contributed by atoms with E-state index >= 15 is 0 Å². The molecule has 122 valence electrons. The van der Waals surface area contributed by atoms with Gasteiger partial charge in [-0.25, -0.2) is 0 Å². The fraction of sp³-hybridized carbons (Fsp3) is 0.700. The smallest absolute Gasteiger partial charge is 0.119 e. The predicted molar refractivity (Wildman–Crippen MR) is 92.7 cm³/mol. The molecule has 2 bridgehead atoms. The van der Waals surface area contributed by atoms with Crippen molar-refractivity contribution in [3.05, 3.63) is 28.8 Å². The Kier molecular flexibility index (Phi) is 4.24. The van der Waals surface area contributed by atoms with E-state index < -0.39 is 0 Å². The van der Waals surface area contributed by atoms with Crippen LogP contribution in [0.25, 0.3) is 0 Å². The van der Waals surface area contributed by atoms with Gasteiger partial charge in [-0.15, -0.1) is 0 Å². The second-order valence-electron chi connectivity index (χ2n) is 7.90. The van der Waals surface area contributed by atoms with Crippen LogP contribution in [0.5, 0.6) is 5.75 Å². The minimum atomic E-state index is 0.108. The van der Waals surface area contributed by atoms with Gasteiger partial charge in [-0.05, 0) is 59.9 Å². The van der Waals surface area contributed by atoms with Gasteiger partial charge in [0.05, 0.1) is 7.11 Å². The molecule has 0 saturated heterocycles. The molecule has 1 aromatic rings. The summed E-state index contributed by atoms with van der Waals surface area (Å²) in [7, 11) is 1.78. The van der Waals surface area contributed by atoms with Crippen molar-refractivity contribution in [2.45, 2.75) is 76.7 Å². The van der Waals surface area contributed by atoms with Crippen LogP contribution in [-0.2, 0) is 11.8 Å². The van der Waals surface area contributed by atoms with Crippen LogP contribution >= 0.6 is 0 Å². The van der Waals surface area contributed by atoms with Crippen LogP contribution in [0.3, 0.4) is 0 Å². The lowest BCUT2D eigenvalue weighted by Gasteiger charge is -2.48. The summed E-state index contributed by atoms with van der Waals surface area (Å²) >= 11 is 0. The highest BCUT2D eigenvalue weighted by Crippen LogP contribution is 2.48. The van der Waals surface area contributed by atoms with Gasteiger partial charge in [0, 0.05) is 11.5 Å². The van der Waals surface area contributed by atoms with Gasteiger partial charge in [-0.2, -0.15) is 0 Å². The molecule has 0 heterocycles. The van der Waals surface area contributed by atoms with Gasteiger partial charge in [-0.1, -0.05) is 40.0 Å². The maximum Gasteiger partial charge on any atom is 0.119 e. The van der Waals surface area contributed by atoms with Crippen molar-refractivity contribution >= 4 is 0 Å². The lowest BCUT2D eigenvalue weighted by Crippen LogP contribution is -2.53. The Morgan fingerprint density at radius 1 is 1.23 bits per heavy atom. The van der Waals surface area contributed by atoms with E-state index in [0.717, 1.165) is 12.2 Å². The first kappa shape index (κ1) is 15.9. The molecule has 0 aliphatic heterocycles. The van der Waals surface area contributed by atoms with E-state index in [1.807, 2.05) is 0 Å². The molecule has 3 rings (SSSR count). The standard InChI is InChI=1S/C20H31NO/c1-13(2)16-11-15(22-4)12-18-17(16)10-14-8-6-5-7-9-20(18,3)19(14)21/h11-14,19H,5-10,21H2,1-4H3. The normalized spacial score (nSPS) is 31.4. The predicted octanol–water partition coefficient (Wildman–Crippen LogP) is 4.54. The number of benzene rings is 1. The van der Waals surface area contributed by atoms with Crippen LogP contribution < -0.4 is 10.5 Å². The molecule has 0 radical (unpaired) electrons. The SMILES string of the molecule is COc1cc(C(C)C)c2c(c1)C1(C)CCCCCC(C2)C1N. The van der Waals surface area contributed by atoms with Gasteiger partial charge in [0.15, 0.2) is 0 Å². The maximum atomic E-state index is 6.78. The Labute approximate surface area is 135 Å². The highest BCUT2D eigenvalue weighted by Gasteiger charge is 2.44. The van der Waals surface area contributed by atoms with Crippen molar-refractivity contribution in [1.29, 1.82) is 0 Å². The Morgan fingerprint density at radius 3 is 2.68 bits per heavy atom. The molecule has 0 spiro atoms. The van der Waals surface area contributed by atoms with E-state index in [-0.39, 0.29) is 11.5 Å². The Balaban J connectivity index is 2.20. The quantitative estimate of drug-likeness (QED) is 0.870. The fourth-order valence-electron chi connectivity index (χ4n) is 4.78. The highest BCUT2D eigenvalue weighted by atomic mass is 16.5. The number of fused-ring (bicyclic) bond motifs is 4. The van der Waals surface area contributed by atoms with E-state index in [1.54, 1.807) is 12.7 Å². The van der Waals surface area contributed by atoms with E-state index in [0.29, 0.717) is 11.8 Å². The third kappa shape index (κ3) is 2.46. The van der Waals surface area contributed by atoms with E-state index in [4.69, 9.17) is 10.5 Å². The largest absolute Gasteiger partial charge is 0.497 e. The van der Waals surface area contributed by atoms with Crippen LogP contribution in [0, 0.1) is 5.92 Å².